The van der Waals surface area contributed by atoms with E-state index in [1.165, 1.54) is 12.1 Å². The molecular formula is C19H22ClN5O3S. The molecule has 154 valence electrons. The lowest BCUT2D eigenvalue weighted by molar-refractivity contribution is 0.190. The molecule has 1 aliphatic heterocycles. The number of hydrogen-bond donors (Lipinski definition) is 2. The molecule has 1 aliphatic rings. The van der Waals surface area contributed by atoms with Crippen LogP contribution in [0.1, 0.15) is 11.9 Å². The molecule has 29 heavy (non-hydrogen) atoms. The largest absolute Gasteiger partial charge is 0.334 e. The van der Waals surface area contributed by atoms with Crippen molar-refractivity contribution in [2.75, 3.05) is 31.4 Å². The Morgan fingerprint density at radius 2 is 1.86 bits per heavy atom. The van der Waals surface area contributed by atoms with Gasteiger partial charge >= 0.3 is 0 Å². The molecule has 0 spiro atoms. The standard InChI is InChI=1S/C19H21N5O3S.ClH/c1-24-12-11-20-13-17(24)18-21-19(27-22-18)14-7-9-16(10-8-14)28(25,26)23-15-5-3-2-4-6-15;/h2-10,17,20,23H,11-13H2,1H3;1H. The number of aromatic nitrogens is 2. The summed E-state index contributed by atoms with van der Waals surface area (Å²) in [6.45, 7) is 2.61. The van der Waals surface area contributed by atoms with E-state index in [9.17, 15) is 8.42 Å². The van der Waals surface area contributed by atoms with Gasteiger partial charge in [-0.15, -0.1) is 12.4 Å². The molecule has 10 heteroatoms. The summed E-state index contributed by atoms with van der Waals surface area (Å²) in [4.78, 5) is 6.83. The first kappa shape index (κ1) is 21.3. The van der Waals surface area contributed by atoms with Crippen molar-refractivity contribution in [3.8, 4) is 11.5 Å². The number of anilines is 1. The molecule has 0 aliphatic carbocycles. The van der Waals surface area contributed by atoms with Gasteiger partial charge in [0, 0.05) is 30.9 Å². The van der Waals surface area contributed by atoms with Crippen molar-refractivity contribution in [2.24, 2.45) is 0 Å². The normalized spacial score (nSPS) is 17.5. The van der Waals surface area contributed by atoms with Crippen LogP contribution in [0.3, 0.4) is 0 Å². The Balaban J connectivity index is 0.00000240. The van der Waals surface area contributed by atoms with Gasteiger partial charge in [0.25, 0.3) is 15.9 Å². The average Bonchev–Trinajstić information content (AvgIpc) is 3.19. The van der Waals surface area contributed by atoms with Gasteiger partial charge in [-0.25, -0.2) is 8.42 Å². The van der Waals surface area contributed by atoms with Crippen molar-refractivity contribution < 1.29 is 12.9 Å². The summed E-state index contributed by atoms with van der Waals surface area (Å²) in [6, 6.07) is 15.2. The maximum Gasteiger partial charge on any atom is 0.261 e. The van der Waals surface area contributed by atoms with Crippen molar-refractivity contribution in [3.63, 3.8) is 0 Å². The second-order valence-electron chi connectivity index (χ2n) is 6.65. The quantitative estimate of drug-likeness (QED) is 0.635. The summed E-state index contributed by atoms with van der Waals surface area (Å²) in [5.74, 6) is 0.987. The van der Waals surface area contributed by atoms with Crippen molar-refractivity contribution >= 4 is 28.1 Å². The van der Waals surface area contributed by atoms with Crippen LogP contribution < -0.4 is 10.0 Å². The lowest BCUT2D eigenvalue weighted by atomic mass is 10.2. The number of sulfonamides is 1. The van der Waals surface area contributed by atoms with Gasteiger partial charge in [0.1, 0.15) is 0 Å². The van der Waals surface area contributed by atoms with Gasteiger partial charge in [-0.2, -0.15) is 4.98 Å². The van der Waals surface area contributed by atoms with Crippen molar-refractivity contribution in [1.82, 2.24) is 20.4 Å². The van der Waals surface area contributed by atoms with Crippen LogP contribution in [-0.4, -0.2) is 50.1 Å². The molecule has 3 aromatic rings. The number of para-hydroxylation sites is 1. The SMILES string of the molecule is CN1CCNCC1c1noc(-c2ccc(S(=O)(=O)Nc3ccccc3)cc2)n1.Cl. The molecule has 0 saturated carbocycles. The first-order valence-electron chi connectivity index (χ1n) is 8.96. The molecule has 0 amide bonds. The van der Waals surface area contributed by atoms with Gasteiger partial charge in [0.2, 0.25) is 0 Å². The Kier molecular flexibility index (Phi) is 6.53. The van der Waals surface area contributed by atoms with Crippen LogP contribution >= 0.6 is 12.4 Å². The molecule has 1 atom stereocenters. The molecule has 2 heterocycles. The topological polar surface area (TPSA) is 100 Å². The smallest absolute Gasteiger partial charge is 0.261 e. The summed E-state index contributed by atoms with van der Waals surface area (Å²) in [7, 11) is -1.63. The van der Waals surface area contributed by atoms with Gasteiger partial charge in [-0.05, 0) is 43.4 Å². The van der Waals surface area contributed by atoms with Gasteiger partial charge in [-0.3, -0.25) is 9.62 Å². The molecule has 1 aromatic heterocycles. The zero-order valence-electron chi connectivity index (χ0n) is 15.8. The molecule has 1 fully saturated rings. The third-order valence-corrected chi connectivity index (χ3v) is 6.09. The number of nitrogens with one attached hydrogen (secondary N) is 2. The van der Waals surface area contributed by atoms with Crippen LogP contribution in [0.15, 0.2) is 64.0 Å². The maximum absolute atomic E-state index is 12.5. The number of halogens is 1. The minimum Gasteiger partial charge on any atom is -0.334 e. The molecule has 1 unspecified atom stereocenters. The monoisotopic (exact) mass is 435 g/mol. The Labute approximate surface area is 175 Å². The third kappa shape index (κ3) is 4.76. The van der Waals surface area contributed by atoms with E-state index in [0.717, 1.165) is 19.6 Å². The van der Waals surface area contributed by atoms with Crippen molar-refractivity contribution in [2.45, 2.75) is 10.9 Å². The fourth-order valence-electron chi connectivity index (χ4n) is 3.08. The van der Waals surface area contributed by atoms with Crippen LogP contribution in [0.25, 0.3) is 11.5 Å². The number of nitrogens with zero attached hydrogens (tertiary/aromatic N) is 3. The number of piperazine rings is 1. The molecular weight excluding hydrogens is 414 g/mol. The zero-order chi connectivity index (χ0) is 19.6. The molecule has 2 N–H and O–H groups in total. The second-order valence-corrected chi connectivity index (χ2v) is 8.34. The highest BCUT2D eigenvalue weighted by Gasteiger charge is 2.25. The van der Waals surface area contributed by atoms with Crippen LogP contribution in [0.2, 0.25) is 0 Å². The van der Waals surface area contributed by atoms with E-state index in [4.69, 9.17) is 4.52 Å². The van der Waals surface area contributed by atoms with Crippen molar-refractivity contribution in [1.29, 1.82) is 0 Å². The summed E-state index contributed by atoms with van der Waals surface area (Å²) >= 11 is 0. The van der Waals surface area contributed by atoms with E-state index < -0.39 is 10.0 Å². The highest BCUT2D eigenvalue weighted by molar-refractivity contribution is 7.92. The van der Waals surface area contributed by atoms with E-state index in [0.29, 0.717) is 23.0 Å². The van der Waals surface area contributed by atoms with E-state index in [1.54, 1.807) is 36.4 Å². The summed E-state index contributed by atoms with van der Waals surface area (Å²) in [6.07, 6.45) is 0. The van der Waals surface area contributed by atoms with Crippen LogP contribution in [-0.2, 0) is 10.0 Å². The van der Waals surface area contributed by atoms with Crippen LogP contribution in [0.5, 0.6) is 0 Å². The molecule has 2 aromatic carbocycles. The van der Waals surface area contributed by atoms with Crippen LogP contribution in [0, 0.1) is 0 Å². The maximum atomic E-state index is 12.5. The number of benzene rings is 2. The summed E-state index contributed by atoms with van der Waals surface area (Å²) in [5.41, 5.74) is 1.18. The van der Waals surface area contributed by atoms with Crippen LogP contribution in [0.4, 0.5) is 5.69 Å². The molecule has 1 saturated heterocycles. The minimum absolute atomic E-state index is 0. The van der Waals surface area contributed by atoms with Gasteiger partial charge < -0.3 is 9.84 Å². The predicted octanol–water partition coefficient (Wildman–Crippen LogP) is 2.54. The zero-order valence-corrected chi connectivity index (χ0v) is 17.4. The summed E-state index contributed by atoms with van der Waals surface area (Å²) < 4.78 is 33.0. The van der Waals surface area contributed by atoms with E-state index >= 15 is 0 Å². The molecule has 0 bridgehead atoms. The van der Waals surface area contributed by atoms with Gasteiger partial charge in [-0.1, -0.05) is 23.4 Å². The lowest BCUT2D eigenvalue weighted by Gasteiger charge is -2.30. The Morgan fingerprint density at radius 3 is 2.55 bits per heavy atom. The highest BCUT2D eigenvalue weighted by Crippen LogP contribution is 2.24. The fourth-order valence-corrected chi connectivity index (χ4v) is 4.14. The van der Waals surface area contributed by atoms with E-state index in [2.05, 4.69) is 25.1 Å². The minimum atomic E-state index is -3.66. The Hall–Kier alpha value is -2.46. The first-order chi connectivity index (χ1) is 13.5. The predicted molar refractivity (Wildman–Crippen MR) is 112 cm³/mol. The van der Waals surface area contributed by atoms with Gasteiger partial charge in [0.05, 0.1) is 10.9 Å². The highest BCUT2D eigenvalue weighted by atomic mass is 35.5. The Bertz CT molecular complexity index is 1040. The molecule has 4 rings (SSSR count). The molecule has 8 nitrogen and oxygen atoms in total. The summed E-state index contributed by atoms with van der Waals surface area (Å²) in [5, 5.41) is 7.42. The van der Waals surface area contributed by atoms with Crippen molar-refractivity contribution in [3.05, 3.63) is 60.4 Å². The fraction of sp³-hybridized carbons (Fsp3) is 0.263. The number of hydrogen-bond acceptors (Lipinski definition) is 7. The Morgan fingerprint density at radius 1 is 1.14 bits per heavy atom. The molecule has 0 radical (unpaired) electrons. The van der Waals surface area contributed by atoms with E-state index in [1.807, 2.05) is 13.1 Å². The number of rotatable bonds is 5. The first-order valence-corrected chi connectivity index (χ1v) is 10.4. The van der Waals surface area contributed by atoms with Gasteiger partial charge in [0.15, 0.2) is 5.82 Å². The average molecular weight is 436 g/mol. The third-order valence-electron chi connectivity index (χ3n) is 4.69. The second kappa shape index (κ2) is 8.91. The number of likely N-dealkylation sites (N-methyl/N-ethyl adjacent to an activating group) is 1. The van der Waals surface area contributed by atoms with E-state index in [-0.39, 0.29) is 23.3 Å². The lowest BCUT2D eigenvalue weighted by Crippen LogP contribution is -2.44.